The summed E-state index contributed by atoms with van der Waals surface area (Å²) in [5.74, 6) is -0.605. The summed E-state index contributed by atoms with van der Waals surface area (Å²) in [5, 5.41) is 6.43. The van der Waals surface area contributed by atoms with E-state index < -0.39 is 5.91 Å². The number of pyridine rings is 1. The molecule has 0 spiro atoms. The molecular weight excluding hydrogens is 361 g/mol. The van der Waals surface area contributed by atoms with Gasteiger partial charge < -0.3 is 10.6 Å². The number of hydrogen-bond acceptors (Lipinski definition) is 3. The van der Waals surface area contributed by atoms with Gasteiger partial charge in [-0.2, -0.15) is 0 Å². The number of rotatable bonds is 4. The lowest BCUT2D eigenvalue weighted by Crippen LogP contribution is -2.32. The SMILES string of the molecule is O=C(NC1CCCC1)c1ccnc(C(=O)Nc2ccc(Cl)c(Cl)c2)c1. The van der Waals surface area contributed by atoms with E-state index in [0.29, 0.717) is 21.3 Å². The van der Waals surface area contributed by atoms with Gasteiger partial charge in [0.15, 0.2) is 0 Å². The molecule has 0 unspecified atom stereocenters. The van der Waals surface area contributed by atoms with Crippen molar-refractivity contribution in [2.45, 2.75) is 31.7 Å². The number of carbonyl (C=O) groups excluding carboxylic acids is 2. The fourth-order valence-corrected chi connectivity index (χ4v) is 3.10. The van der Waals surface area contributed by atoms with Gasteiger partial charge in [-0.3, -0.25) is 14.6 Å². The van der Waals surface area contributed by atoms with Gasteiger partial charge >= 0.3 is 0 Å². The minimum Gasteiger partial charge on any atom is -0.349 e. The number of carbonyl (C=O) groups is 2. The highest BCUT2D eigenvalue weighted by molar-refractivity contribution is 6.42. The van der Waals surface area contributed by atoms with Gasteiger partial charge in [0, 0.05) is 23.5 Å². The molecular formula is C18H17Cl2N3O2. The lowest BCUT2D eigenvalue weighted by molar-refractivity contribution is 0.0937. The van der Waals surface area contributed by atoms with Crippen LogP contribution in [-0.2, 0) is 0 Å². The summed E-state index contributed by atoms with van der Waals surface area (Å²) in [6.07, 6.45) is 5.73. The zero-order valence-electron chi connectivity index (χ0n) is 13.4. The number of hydrogen-bond donors (Lipinski definition) is 2. The maximum Gasteiger partial charge on any atom is 0.274 e. The van der Waals surface area contributed by atoms with Gasteiger partial charge in [0.1, 0.15) is 5.69 Å². The van der Waals surface area contributed by atoms with Crippen molar-refractivity contribution in [2.75, 3.05) is 5.32 Å². The Hall–Kier alpha value is -2.11. The Kier molecular flexibility index (Phi) is 5.56. The van der Waals surface area contributed by atoms with Crippen molar-refractivity contribution in [1.29, 1.82) is 0 Å². The second kappa shape index (κ2) is 7.85. The maximum absolute atomic E-state index is 12.3. The predicted octanol–water partition coefficient (Wildman–Crippen LogP) is 4.31. The van der Waals surface area contributed by atoms with Gasteiger partial charge in [0.2, 0.25) is 0 Å². The smallest absolute Gasteiger partial charge is 0.274 e. The Balaban J connectivity index is 1.70. The van der Waals surface area contributed by atoms with Crippen molar-refractivity contribution in [1.82, 2.24) is 10.3 Å². The molecule has 3 rings (SSSR count). The van der Waals surface area contributed by atoms with Crippen molar-refractivity contribution in [3.8, 4) is 0 Å². The van der Waals surface area contributed by atoms with Crippen LogP contribution in [0.4, 0.5) is 5.69 Å². The molecule has 1 aromatic heterocycles. The molecule has 1 fully saturated rings. The monoisotopic (exact) mass is 377 g/mol. The Bertz CT molecular complexity index is 805. The van der Waals surface area contributed by atoms with Crippen molar-refractivity contribution < 1.29 is 9.59 Å². The Morgan fingerprint density at radius 3 is 2.48 bits per heavy atom. The highest BCUT2D eigenvalue weighted by Gasteiger charge is 2.19. The molecule has 2 amide bonds. The summed E-state index contributed by atoms with van der Waals surface area (Å²) in [7, 11) is 0. The molecule has 7 heteroatoms. The van der Waals surface area contributed by atoms with Crippen molar-refractivity contribution >= 4 is 40.7 Å². The van der Waals surface area contributed by atoms with Gasteiger partial charge in [-0.1, -0.05) is 36.0 Å². The second-order valence-electron chi connectivity index (χ2n) is 5.97. The molecule has 25 heavy (non-hydrogen) atoms. The van der Waals surface area contributed by atoms with E-state index in [0.717, 1.165) is 25.7 Å². The van der Waals surface area contributed by atoms with Crippen molar-refractivity contribution in [2.24, 2.45) is 0 Å². The fraction of sp³-hybridized carbons (Fsp3) is 0.278. The molecule has 0 bridgehead atoms. The van der Waals surface area contributed by atoms with Crippen LogP contribution in [0, 0.1) is 0 Å². The molecule has 0 aliphatic heterocycles. The van der Waals surface area contributed by atoms with Crippen LogP contribution in [0.15, 0.2) is 36.5 Å². The summed E-state index contributed by atoms with van der Waals surface area (Å²) in [6.45, 7) is 0. The van der Waals surface area contributed by atoms with Gasteiger partial charge in [-0.15, -0.1) is 0 Å². The van der Waals surface area contributed by atoms with Gasteiger partial charge in [0.05, 0.1) is 10.0 Å². The highest BCUT2D eigenvalue weighted by Crippen LogP contribution is 2.25. The van der Waals surface area contributed by atoms with E-state index in [1.165, 1.54) is 12.3 Å². The van der Waals surface area contributed by atoms with Gasteiger partial charge in [0.25, 0.3) is 11.8 Å². The van der Waals surface area contributed by atoms with Crippen LogP contribution in [-0.4, -0.2) is 22.8 Å². The quantitative estimate of drug-likeness (QED) is 0.833. The first kappa shape index (κ1) is 17.7. The average Bonchev–Trinajstić information content (AvgIpc) is 3.11. The first-order chi connectivity index (χ1) is 12.0. The lowest BCUT2D eigenvalue weighted by atomic mass is 10.1. The van der Waals surface area contributed by atoms with E-state index in [4.69, 9.17) is 23.2 Å². The number of aromatic nitrogens is 1. The third-order valence-corrected chi connectivity index (χ3v) is 4.86. The number of nitrogens with one attached hydrogen (secondary N) is 2. The average molecular weight is 378 g/mol. The Labute approximate surface area is 155 Å². The van der Waals surface area contributed by atoms with E-state index in [-0.39, 0.29) is 17.6 Å². The van der Waals surface area contributed by atoms with Crippen LogP contribution >= 0.6 is 23.2 Å². The number of anilines is 1. The lowest BCUT2D eigenvalue weighted by Gasteiger charge is -2.12. The topological polar surface area (TPSA) is 71.1 Å². The second-order valence-corrected chi connectivity index (χ2v) is 6.78. The standard InChI is InChI=1S/C18H17Cl2N3O2/c19-14-6-5-13(10-15(14)20)23-18(25)16-9-11(7-8-21-16)17(24)22-12-3-1-2-4-12/h5-10,12H,1-4H2,(H,22,24)(H,23,25). The summed E-state index contributed by atoms with van der Waals surface area (Å²) in [6, 6.07) is 8.09. The largest absolute Gasteiger partial charge is 0.349 e. The molecule has 0 saturated heterocycles. The first-order valence-corrected chi connectivity index (χ1v) is 8.82. The van der Waals surface area contributed by atoms with Gasteiger partial charge in [-0.25, -0.2) is 0 Å². The number of halogens is 2. The van der Waals surface area contributed by atoms with Crippen LogP contribution in [0.1, 0.15) is 46.5 Å². The highest BCUT2D eigenvalue weighted by atomic mass is 35.5. The third kappa shape index (κ3) is 4.50. The molecule has 2 N–H and O–H groups in total. The van der Waals surface area contributed by atoms with E-state index in [1.54, 1.807) is 24.3 Å². The number of benzene rings is 1. The number of nitrogens with zero attached hydrogens (tertiary/aromatic N) is 1. The maximum atomic E-state index is 12.3. The molecule has 0 radical (unpaired) electrons. The van der Waals surface area contributed by atoms with Gasteiger partial charge in [-0.05, 0) is 43.2 Å². The minimum atomic E-state index is -0.422. The van der Waals surface area contributed by atoms with E-state index >= 15 is 0 Å². The van der Waals surface area contributed by atoms with Crippen molar-refractivity contribution in [3.63, 3.8) is 0 Å². The molecule has 5 nitrogen and oxygen atoms in total. The molecule has 1 aromatic carbocycles. The Morgan fingerprint density at radius 2 is 1.76 bits per heavy atom. The summed E-state index contributed by atoms with van der Waals surface area (Å²) >= 11 is 11.8. The predicted molar refractivity (Wildman–Crippen MR) is 98.4 cm³/mol. The molecule has 1 saturated carbocycles. The normalized spacial score (nSPS) is 14.3. The van der Waals surface area contributed by atoms with Crippen molar-refractivity contribution in [3.05, 3.63) is 57.8 Å². The molecule has 0 atom stereocenters. The summed E-state index contributed by atoms with van der Waals surface area (Å²) in [4.78, 5) is 28.7. The van der Waals surface area contributed by atoms with Crippen LogP contribution in [0.25, 0.3) is 0 Å². The minimum absolute atomic E-state index is 0.158. The van der Waals surface area contributed by atoms with Crippen LogP contribution in [0.3, 0.4) is 0 Å². The molecule has 1 aliphatic carbocycles. The molecule has 130 valence electrons. The van der Waals surface area contributed by atoms with E-state index in [2.05, 4.69) is 15.6 Å². The zero-order chi connectivity index (χ0) is 17.8. The van der Waals surface area contributed by atoms with E-state index in [1.807, 2.05) is 0 Å². The molecule has 1 heterocycles. The third-order valence-electron chi connectivity index (χ3n) is 4.12. The Morgan fingerprint density at radius 1 is 1.00 bits per heavy atom. The first-order valence-electron chi connectivity index (χ1n) is 8.06. The van der Waals surface area contributed by atoms with Crippen LogP contribution < -0.4 is 10.6 Å². The fourth-order valence-electron chi connectivity index (χ4n) is 2.80. The van der Waals surface area contributed by atoms with E-state index in [9.17, 15) is 9.59 Å². The zero-order valence-corrected chi connectivity index (χ0v) is 14.9. The summed E-state index contributed by atoms with van der Waals surface area (Å²) in [5.41, 5.74) is 1.08. The summed E-state index contributed by atoms with van der Waals surface area (Å²) < 4.78 is 0. The van der Waals surface area contributed by atoms with Crippen LogP contribution in [0.5, 0.6) is 0 Å². The molecule has 2 aromatic rings. The molecule has 1 aliphatic rings. The van der Waals surface area contributed by atoms with Crippen LogP contribution in [0.2, 0.25) is 10.0 Å². The number of amides is 2.